The summed E-state index contributed by atoms with van der Waals surface area (Å²) >= 11 is 5.83. The van der Waals surface area contributed by atoms with Gasteiger partial charge in [-0.3, -0.25) is 9.59 Å². The fourth-order valence-corrected chi connectivity index (χ4v) is 2.85. The number of nitrogens with two attached hydrogens (primary N) is 1. The molecule has 1 aliphatic rings. The van der Waals surface area contributed by atoms with Gasteiger partial charge in [0.2, 0.25) is 5.91 Å². The summed E-state index contributed by atoms with van der Waals surface area (Å²) in [6, 6.07) is 6.38. The lowest BCUT2D eigenvalue weighted by atomic mass is 9.84. The lowest BCUT2D eigenvalue weighted by Crippen LogP contribution is -2.47. The number of anilines is 1. The van der Waals surface area contributed by atoms with Gasteiger partial charge in [-0.25, -0.2) is 0 Å². The second kappa shape index (κ2) is 6.91. The number of halogens is 1. The average molecular weight is 311 g/mol. The smallest absolute Gasteiger partial charge is 0.323 e. The SMILES string of the molecule is NC1CCCCC1C(=O)N(CC(=O)O)c1ccc(Cl)cc1. The first kappa shape index (κ1) is 15.8. The predicted octanol–water partition coefficient (Wildman–Crippen LogP) is 2.28. The van der Waals surface area contributed by atoms with E-state index in [0.29, 0.717) is 17.1 Å². The van der Waals surface area contributed by atoms with Gasteiger partial charge in [0, 0.05) is 16.8 Å². The highest BCUT2D eigenvalue weighted by atomic mass is 35.5. The number of hydrogen-bond donors (Lipinski definition) is 2. The molecule has 0 spiro atoms. The molecule has 2 atom stereocenters. The zero-order valence-electron chi connectivity index (χ0n) is 11.7. The molecule has 0 heterocycles. The van der Waals surface area contributed by atoms with Crippen LogP contribution in [0, 0.1) is 5.92 Å². The van der Waals surface area contributed by atoms with E-state index < -0.39 is 5.97 Å². The van der Waals surface area contributed by atoms with E-state index in [2.05, 4.69) is 0 Å². The normalized spacial score (nSPS) is 21.8. The van der Waals surface area contributed by atoms with E-state index in [0.717, 1.165) is 19.3 Å². The summed E-state index contributed by atoms with van der Waals surface area (Å²) in [7, 11) is 0. The van der Waals surface area contributed by atoms with Crippen LogP contribution in [0.3, 0.4) is 0 Å². The van der Waals surface area contributed by atoms with Crippen LogP contribution in [-0.2, 0) is 9.59 Å². The van der Waals surface area contributed by atoms with Crippen LogP contribution < -0.4 is 10.6 Å². The van der Waals surface area contributed by atoms with Gasteiger partial charge in [0.1, 0.15) is 6.54 Å². The van der Waals surface area contributed by atoms with Crippen LogP contribution in [0.4, 0.5) is 5.69 Å². The van der Waals surface area contributed by atoms with E-state index in [1.54, 1.807) is 24.3 Å². The molecular weight excluding hydrogens is 292 g/mol. The molecule has 1 aliphatic carbocycles. The molecule has 1 saturated carbocycles. The molecule has 0 aliphatic heterocycles. The number of amides is 1. The van der Waals surface area contributed by atoms with Crippen LogP contribution in [0.5, 0.6) is 0 Å². The summed E-state index contributed by atoms with van der Waals surface area (Å²) in [5.74, 6) is -1.58. The number of carboxylic acids is 1. The first-order valence-electron chi connectivity index (χ1n) is 7.03. The zero-order chi connectivity index (χ0) is 15.4. The Balaban J connectivity index is 2.24. The van der Waals surface area contributed by atoms with Crippen molar-refractivity contribution in [3.63, 3.8) is 0 Å². The minimum Gasteiger partial charge on any atom is -0.480 e. The number of benzene rings is 1. The van der Waals surface area contributed by atoms with E-state index in [-0.39, 0.29) is 24.4 Å². The van der Waals surface area contributed by atoms with Crippen molar-refractivity contribution in [1.82, 2.24) is 0 Å². The average Bonchev–Trinajstić information content (AvgIpc) is 2.45. The largest absolute Gasteiger partial charge is 0.480 e. The molecule has 0 bridgehead atoms. The molecule has 21 heavy (non-hydrogen) atoms. The zero-order valence-corrected chi connectivity index (χ0v) is 12.4. The summed E-state index contributed by atoms with van der Waals surface area (Å²) < 4.78 is 0. The molecule has 1 aromatic carbocycles. The van der Waals surface area contributed by atoms with Crippen molar-refractivity contribution < 1.29 is 14.7 Å². The van der Waals surface area contributed by atoms with Gasteiger partial charge >= 0.3 is 5.97 Å². The van der Waals surface area contributed by atoms with Gasteiger partial charge < -0.3 is 15.7 Å². The third-order valence-electron chi connectivity index (χ3n) is 3.83. The molecule has 0 radical (unpaired) electrons. The molecule has 6 heteroatoms. The summed E-state index contributed by atoms with van der Waals surface area (Å²) in [4.78, 5) is 25.0. The number of carbonyl (C=O) groups is 2. The molecule has 1 amide bonds. The third kappa shape index (κ3) is 3.95. The van der Waals surface area contributed by atoms with Gasteiger partial charge in [0.05, 0.1) is 5.92 Å². The van der Waals surface area contributed by atoms with Crippen LogP contribution in [-0.4, -0.2) is 29.6 Å². The summed E-state index contributed by atoms with van der Waals surface area (Å²) in [5, 5.41) is 9.60. The maximum absolute atomic E-state index is 12.7. The summed E-state index contributed by atoms with van der Waals surface area (Å²) in [5.41, 5.74) is 6.57. The van der Waals surface area contributed by atoms with Gasteiger partial charge in [0.25, 0.3) is 0 Å². The highest BCUT2D eigenvalue weighted by molar-refractivity contribution is 6.30. The molecule has 3 N–H and O–H groups in total. The molecule has 0 aromatic heterocycles. The lowest BCUT2D eigenvalue weighted by molar-refractivity contribution is -0.137. The van der Waals surface area contributed by atoms with Crippen molar-refractivity contribution in [1.29, 1.82) is 0 Å². The second-order valence-electron chi connectivity index (χ2n) is 5.35. The molecule has 2 unspecified atom stereocenters. The number of carboxylic acid groups (broad SMARTS) is 1. The van der Waals surface area contributed by atoms with E-state index >= 15 is 0 Å². The Morgan fingerprint density at radius 2 is 1.86 bits per heavy atom. The molecule has 1 aromatic rings. The van der Waals surface area contributed by atoms with E-state index in [4.69, 9.17) is 22.4 Å². The summed E-state index contributed by atoms with van der Waals surface area (Å²) in [6.07, 6.45) is 3.48. The van der Waals surface area contributed by atoms with Crippen molar-refractivity contribution in [2.45, 2.75) is 31.7 Å². The van der Waals surface area contributed by atoms with Crippen LogP contribution in [0.2, 0.25) is 5.02 Å². The molecule has 1 fully saturated rings. The lowest BCUT2D eigenvalue weighted by Gasteiger charge is -2.32. The van der Waals surface area contributed by atoms with E-state index in [1.807, 2.05) is 0 Å². The van der Waals surface area contributed by atoms with Crippen molar-refractivity contribution in [2.24, 2.45) is 11.7 Å². The highest BCUT2D eigenvalue weighted by Gasteiger charge is 2.33. The van der Waals surface area contributed by atoms with Gasteiger partial charge in [-0.05, 0) is 37.1 Å². The maximum Gasteiger partial charge on any atom is 0.323 e. The number of carbonyl (C=O) groups excluding carboxylic acids is 1. The van der Waals surface area contributed by atoms with Crippen molar-refractivity contribution in [3.05, 3.63) is 29.3 Å². The summed E-state index contributed by atoms with van der Waals surface area (Å²) in [6.45, 7) is -0.371. The predicted molar refractivity (Wildman–Crippen MR) is 81.4 cm³/mol. The Hall–Kier alpha value is -1.59. The minimum atomic E-state index is -1.05. The number of aliphatic carboxylic acids is 1. The number of nitrogens with zero attached hydrogens (tertiary/aromatic N) is 1. The molecule has 0 saturated heterocycles. The minimum absolute atomic E-state index is 0.199. The van der Waals surface area contributed by atoms with Gasteiger partial charge in [-0.2, -0.15) is 0 Å². The number of hydrogen-bond acceptors (Lipinski definition) is 3. The first-order chi connectivity index (χ1) is 9.99. The maximum atomic E-state index is 12.7. The fraction of sp³-hybridized carbons (Fsp3) is 0.467. The monoisotopic (exact) mass is 310 g/mol. The van der Waals surface area contributed by atoms with Gasteiger partial charge in [-0.15, -0.1) is 0 Å². The first-order valence-corrected chi connectivity index (χ1v) is 7.41. The van der Waals surface area contributed by atoms with E-state index in [1.165, 1.54) is 4.90 Å². The van der Waals surface area contributed by atoms with E-state index in [9.17, 15) is 9.59 Å². The highest BCUT2D eigenvalue weighted by Crippen LogP contribution is 2.27. The Kier molecular flexibility index (Phi) is 5.20. The quantitative estimate of drug-likeness (QED) is 0.893. The molecule has 114 valence electrons. The van der Waals surface area contributed by atoms with Gasteiger partial charge in [0.15, 0.2) is 0 Å². The van der Waals surface area contributed by atoms with Crippen molar-refractivity contribution in [2.75, 3.05) is 11.4 Å². The van der Waals surface area contributed by atoms with Crippen LogP contribution in [0.25, 0.3) is 0 Å². The molecule has 2 rings (SSSR count). The standard InChI is InChI=1S/C15H19ClN2O3/c16-10-5-7-11(8-6-10)18(9-14(19)20)15(21)12-3-1-2-4-13(12)17/h5-8,12-13H,1-4,9,17H2,(H,19,20). The fourth-order valence-electron chi connectivity index (χ4n) is 2.72. The van der Waals surface area contributed by atoms with Crippen LogP contribution >= 0.6 is 11.6 Å². The van der Waals surface area contributed by atoms with Crippen LogP contribution in [0.1, 0.15) is 25.7 Å². The number of rotatable bonds is 4. The van der Waals surface area contributed by atoms with Crippen molar-refractivity contribution in [3.8, 4) is 0 Å². The third-order valence-corrected chi connectivity index (χ3v) is 4.09. The Labute approximate surface area is 128 Å². The molecular formula is C15H19ClN2O3. The van der Waals surface area contributed by atoms with Crippen LogP contribution in [0.15, 0.2) is 24.3 Å². The topological polar surface area (TPSA) is 83.6 Å². The second-order valence-corrected chi connectivity index (χ2v) is 5.79. The molecule has 5 nitrogen and oxygen atoms in total. The Morgan fingerprint density at radius 3 is 2.43 bits per heavy atom. The Bertz CT molecular complexity index is 518. The van der Waals surface area contributed by atoms with Gasteiger partial charge in [-0.1, -0.05) is 24.4 Å². The van der Waals surface area contributed by atoms with Crippen molar-refractivity contribution >= 4 is 29.2 Å². The Morgan fingerprint density at radius 1 is 1.24 bits per heavy atom.